The van der Waals surface area contributed by atoms with E-state index in [0.29, 0.717) is 12.0 Å². The van der Waals surface area contributed by atoms with Gasteiger partial charge in [0.05, 0.1) is 31.5 Å². The number of para-hydroxylation sites is 1. The molecule has 1 aromatic rings. The van der Waals surface area contributed by atoms with Crippen LogP contribution in [0.5, 0.6) is 0 Å². The van der Waals surface area contributed by atoms with Crippen molar-refractivity contribution in [2.24, 2.45) is 11.8 Å². The normalized spacial score (nSPS) is 31.9. The number of piperidine rings is 1. The number of rotatable bonds is 4. The fraction of sp³-hybridized carbons (Fsp3) is 0.455. The number of fused-ring (bicyclic) bond motifs is 4. The lowest BCUT2D eigenvalue weighted by Gasteiger charge is -2.44. The molecule has 4 atom stereocenters. The minimum atomic E-state index is -0.574. The molecule has 28 heavy (non-hydrogen) atoms. The lowest BCUT2D eigenvalue weighted by Crippen LogP contribution is -2.53. The third-order valence-corrected chi connectivity index (χ3v) is 6.67. The molecule has 4 rings (SSSR count). The summed E-state index contributed by atoms with van der Waals surface area (Å²) < 4.78 is 10.2. The van der Waals surface area contributed by atoms with Gasteiger partial charge in [0.2, 0.25) is 5.91 Å². The molecule has 148 valence electrons. The van der Waals surface area contributed by atoms with Crippen molar-refractivity contribution in [2.75, 3.05) is 32.6 Å². The number of carbonyl (C=O) groups is 2. The van der Waals surface area contributed by atoms with Gasteiger partial charge in [-0.15, -0.1) is 6.58 Å². The molecule has 1 aromatic carbocycles. The first kappa shape index (κ1) is 18.7. The summed E-state index contributed by atoms with van der Waals surface area (Å²) >= 11 is 0. The standard InChI is InChI=1S/C22H26N2O4/c1-4-14-12-24-10-9-22(17-7-5-6-8-18(17)23-21(22)26)19(24)11-15(14)16(13-27-2)20(25)28-3/h4-8,13-15,19H,1,9-12H2,2-3H3,(H,23,26)/b16-13-/t14?,15-,19?,22-/m0/s1. The molecule has 0 aromatic heterocycles. The number of esters is 1. The first-order chi connectivity index (χ1) is 13.6. The average molecular weight is 382 g/mol. The maximum Gasteiger partial charge on any atom is 0.337 e. The molecule has 3 heterocycles. The Hall–Kier alpha value is -2.60. The molecule has 3 aliphatic heterocycles. The Balaban J connectivity index is 1.75. The highest BCUT2D eigenvalue weighted by Crippen LogP contribution is 2.52. The predicted molar refractivity (Wildman–Crippen MR) is 106 cm³/mol. The van der Waals surface area contributed by atoms with Gasteiger partial charge in [-0.3, -0.25) is 9.69 Å². The van der Waals surface area contributed by atoms with E-state index >= 15 is 0 Å². The second-order valence-electron chi connectivity index (χ2n) is 7.77. The minimum Gasteiger partial charge on any atom is -0.504 e. The Morgan fingerprint density at radius 3 is 2.86 bits per heavy atom. The summed E-state index contributed by atoms with van der Waals surface area (Å²) in [7, 11) is 2.90. The zero-order chi connectivity index (χ0) is 19.9. The van der Waals surface area contributed by atoms with E-state index in [0.717, 1.165) is 30.8 Å². The number of anilines is 1. The molecule has 6 nitrogen and oxygen atoms in total. The van der Waals surface area contributed by atoms with Crippen LogP contribution >= 0.6 is 0 Å². The number of methoxy groups -OCH3 is 2. The molecule has 2 fully saturated rings. The maximum atomic E-state index is 13.2. The Bertz CT molecular complexity index is 849. The van der Waals surface area contributed by atoms with Crippen molar-refractivity contribution >= 4 is 17.6 Å². The van der Waals surface area contributed by atoms with Crippen molar-refractivity contribution in [3.8, 4) is 0 Å². The Morgan fingerprint density at radius 2 is 2.14 bits per heavy atom. The number of carbonyl (C=O) groups excluding carboxylic acids is 2. The Morgan fingerprint density at radius 1 is 1.36 bits per heavy atom. The summed E-state index contributed by atoms with van der Waals surface area (Å²) in [5.41, 5.74) is 1.90. The first-order valence-corrected chi connectivity index (χ1v) is 9.65. The zero-order valence-electron chi connectivity index (χ0n) is 16.3. The average Bonchev–Trinajstić information content (AvgIpc) is 3.23. The van der Waals surface area contributed by atoms with Crippen LogP contribution in [0, 0.1) is 11.8 Å². The molecule has 0 radical (unpaired) electrons. The van der Waals surface area contributed by atoms with Crippen molar-refractivity contribution in [1.29, 1.82) is 0 Å². The quantitative estimate of drug-likeness (QED) is 0.375. The molecule has 0 saturated carbocycles. The lowest BCUT2D eigenvalue weighted by molar-refractivity contribution is -0.137. The van der Waals surface area contributed by atoms with Gasteiger partial charge in [0.1, 0.15) is 0 Å². The van der Waals surface area contributed by atoms with Gasteiger partial charge in [-0.25, -0.2) is 4.79 Å². The highest BCUT2D eigenvalue weighted by atomic mass is 16.5. The summed E-state index contributed by atoms with van der Waals surface area (Å²) in [5.74, 6) is -0.351. The number of ether oxygens (including phenoxy) is 2. The van der Waals surface area contributed by atoms with Crippen molar-refractivity contribution in [3.05, 3.63) is 54.3 Å². The fourth-order valence-electron chi connectivity index (χ4n) is 5.38. The molecular weight excluding hydrogens is 356 g/mol. The molecule has 2 unspecified atom stereocenters. The molecule has 1 spiro atoms. The van der Waals surface area contributed by atoms with Gasteiger partial charge in [0.25, 0.3) is 0 Å². The van der Waals surface area contributed by atoms with E-state index < -0.39 is 11.4 Å². The van der Waals surface area contributed by atoms with Crippen LogP contribution in [0.3, 0.4) is 0 Å². The van der Waals surface area contributed by atoms with Gasteiger partial charge >= 0.3 is 5.97 Å². The third-order valence-electron chi connectivity index (χ3n) is 6.67. The summed E-state index contributed by atoms with van der Waals surface area (Å²) in [6, 6.07) is 7.96. The first-order valence-electron chi connectivity index (χ1n) is 9.65. The van der Waals surface area contributed by atoms with Gasteiger partial charge in [0.15, 0.2) is 0 Å². The molecular formula is C22H26N2O4. The van der Waals surface area contributed by atoms with Crippen LogP contribution < -0.4 is 5.32 Å². The van der Waals surface area contributed by atoms with Crippen LogP contribution in [0.2, 0.25) is 0 Å². The molecule has 3 aliphatic rings. The molecule has 1 N–H and O–H groups in total. The second kappa shape index (κ2) is 7.09. The van der Waals surface area contributed by atoms with E-state index in [1.807, 2.05) is 24.3 Å². The van der Waals surface area contributed by atoms with Crippen LogP contribution in [-0.4, -0.2) is 50.1 Å². The molecule has 0 bridgehead atoms. The van der Waals surface area contributed by atoms with Crippen molar-refractivity contribution in [2.45, 2.75) is 24.3 Å². The van der Waals surface area contributed by atoms with Crippen LogP contribution in [0.4, 0.5) is 5.69 Å². The van der Waals surface area contributed by atoms with Gasteiger partial charge in [-0.2, -0.15) is 0 Å². The van der Waals surface area contributed by atoms with Crippen molar-refractivity contribution in [3.63, 3.8) is 0 Å². The van der Waals surface area contributed by atoms with Gasteiger partial charge in [-0.05, 0) is 36.9 Å². The van der Waals surface area contributed by atoms with E-state index in [-0.39, 0.29) is 23.8 Å². The number of nitrogens with zero attached hydrogens (tertiary/aromatic N) is 1. The minimum absolute atomic E-state index is 0.0160. The molecule has 0 aliphatic carbocycles. The lowest BCUT2D eigenvalue weighted by atomic mass is 9.68. The highest BCUT2D eigenvalue weighted by molar-refractivity contribution is 6.07. The van der Waals surface area contributed by atoms with E-state index in [2.05, 4.69) is 22.9 Å². The van der Waals surface area contributed by atoms with Crippen LogP contribution in [0.15, 0.2) is 48.8 Å². The summed E-state index contributed by atoms with van der Waals surface area (Å²) in [4.78, 5) is 28.0. The zero-order valence-corrected chi connectivity index (χ0v) is 16.3. The highest BCUT2D eigenvalue weighted by Gasteiger charge is 2.60. The largest absolute Gasteiger partial charge is 0.504 e. The number of hydrogen-bond acceptors (Lipinski definition) is 5. The molecule has 2 saturated heterocycles. The van der Waals surface area contributed by atoms with Gasteiger partial charge < -0.3 is 14.8 Å². The van der Waals surface area contributed by atoms with Gasteiger partial charge in [-0.1, -0.05) is 24.3 Å². The van der Waals surface area contributed by atoms with E-state index in [1.165, 1.54) is 20.5 Å². The number of amides is 1. The van der Waals surface area contributed by atoms with E-state index in [9.17, 15) is 9.59 Å². The summed E-state index contributed by atoms with van der Waals surface area (Å²) in [5, 5.41) is 3.07. The predicted octanol–water partition coefficient (Wildman–Crippen LogP) is 2.48. The Kier molecular flexibility index (Phi) is 4.75. The third kappa shape index (κ3) is 2.58. The topological polar surface area (TPSA) is 67.9 Å². The van der Waals surface area contributed by atoms with Crippen LogP contribution in [0.25, 0.3) is 0 Å². The smallest absolute Gasteiger partial charge is 0.337 e. The monoisotopic (exact) mass is 382 g/mol. The van der Waals surface area contributed by atoms with Gasteiger partial charge in [0, 0.05) is 24.2 Å². The van der Waals surface area contributed by atoms with Crippen molar-refractivity contribution in [1.82, 2.24) is 4.90 Å². The SMILES string of the molecule is C=CC1CN2CC[C@@]3(C(=O)Nc4ccccc43)C2C[C@@H]1/C(=C/OC)C(=O)OC. The molecule has 6 heteroatoms. The van der Waals surface area contributed by atoms with E-state index in [1.54, 1.807) is 0 Å². The number of nitrogens with one attached hydrogen (secondary N) is 1. The summed E-state index contributed by atoms with van der Waals surface area (Å²) in [6.07, 6.45) is 4.83. The summed E-state index contributed by atoms with van der Waals surface area (Å²) in [6.45, 7) is 5.60. The van der Waals surface area contributed by atoms with Crippen LogP contribution in [0.1, 0.15) is 18.4 Å². The maximum absolute atomic E-state index is 13.2. The van der Waals surface area contributed by atoms with Crippen molar-refractivity contribution < 1.29 is 19.1 Å². The Labute approximate surface area is 165 Å². The van der Waals surface area contributed by atoms with E-state index in [4.69, 9.17) is 9.47 Å². The fourth-order valence-corrected chi connectivity index (χ4v) is 5.38. The molecule has 1 amide bonds. The number of benzene rings is 1. The van der Waals surface area contributed by atoms with Crippen LogP contribution in [-0.2, 0) is 24.5 Å². The second-order valence-corrected chi connectivity index (χ2v) is 7.77. The number of hydrogen-bond donors (Lipinski definition) is 1.